The van der Waals surface area contributed by atoms with E-state index < -0.39 is 0 Å². The number of amides is 1. The van der Waals surface area contributed by atoms with Crippen molar-refractivity contribution < 1.29 is 9.53 Å². The normalized spacial score (nSPS) is 10.5. The van der Waals surface area contributed by atoms with Crippen LogP contribution in [0.4, 0.5) is 0 Å². The molecular formula is C15H26INO2. The first-order valence-electron chi connectivity index (χ1n) is 6.83. The molecule has 1 amide bonds. The van der Waals surface area contributed by atoms with E-state index in [1.54, 1.807) is 3.11 Å². The largest absolute Gasteiger partial charge is 0.377 e. The lowest BCUT2D eigenvalue weighted by Gasteiger charge is -2.15. The average molecular weight is 379 g/mol. The van der Waals surface area contributed by atoms with Crippen molar-refractivity contribution in [2.75, 3.05) is 13.2 Å². The Hall–Kier alpha value is -0.320. The molecule has 0 aromatic heterocycles. The summed E-state index contributed by atoms with van der Waals surface area (Å²) in [6.45, 7) is 11.5. The summed E-state index contributed by atoms with van der Waals surface area (Å²) in [5.41, 5.74) is 4.36. The monoisotopic (exact) mass is 379 g/mol. The summed E-state index contributed by atoms with van der Waals surface area (Å²) in [6, 6.07) is 0. The quantitative estimate of drug-likeness (QED) is 0.361. The van der Waals surface area contributed by atoms with Crippen molar-refractivity contribution in [3.63, 3.8) is 0 Å². The van der Waals surface area contributed by atoms with E-state index in [0.717, 1.165) is 12.0 Å². The van der Waals surface area contributed by atoms with Crippen LogP contribution >= 0.6 is 22.9 Å². The van der Waals surface area contributed by atoms with Gasteiger partial charge in [-0.25, -0.2) is 0 Å². The highest BCUT2D eigenvalue weighted by Gasteiger charge is 2.10. The number of ether oxygens (including phenoxy) is 1. The molecule has 0 rings (SSSR count). The molecule has 0 heterocycles. The molecule has 0 atom stereocenters. The highest BCUT2D eigenvalue weighted by atomic mass is 127. The first-order valence-corrected chi connectivity index (χ1v) is 7.79. The molecule has 0 spiro atoms. The van der Waals surface area contributed by atoms with E-state index >= 15 is 0 Å². The van der Waals surface area contributed by atoms with Crippen molar-refractivity contribution in [2.24, 2.45) is 5.92 Å². The van der Waals surface area contributed by atoms with Crippen LogP contribution in [0.5, 0.6) is 0 Å². The molecule has 0 saturated carbocycles. The van der Waals surface area contributed by atoms with Gasteiger partial charge in [0.1, 0.15) is 0 Å². The van der Waals surface area contributed by atoms with Gasteiger partial charge in [-0.15, -0.1) is 5.73 Å². The van der Waals surface area contributed by atoms with Gasteiger partial charge in [-0.2, -0.15) is 0 Å². The SMILES string of the molecule is CC(=C=CC(C)C)CCC(=O)N(I)CCOC(C)C. The summed E-state index contributed by atoms with van der Waals surface area (Å²) in [5, 5.41) is 0. The van der Waals surface area contributed by atoms with Gasteiger partial charge >= 0.3 is 0 Å². The minimum atomic E-state index is 0.152. The van der Waals surface area contributed by atoms with Crippen LogP contribution in [0.2, 0.25) is 0 Å². The standard InChI is InChI=1S/C15H26INO2/c1-12(2)6-7-14(5)8-9-15(18)17(16)10-11-19-13(3)4/h6,12-13H,8-11H2,1-5H3. The zero-order valence-electron chi connectivity index (χ0n) is 12.7. The van der Waals surface area contributed by atoms with Crippen molar-refractivity contribution >= 4 is 28.8 Å². The summed E-state index contributed by atoms with van der Waals surface area (Å²) >= 11 is 2.06. The molecule has 0 aliphatic heterocycles. The Balaban J connectivity index is 4.00. The maximum Gasteiger partial charge on any atom is 0.231 e. The molecule has 4 heteroatoms. The van der Waals surface area contributed by atoms with E-state index in [4.69, 9.17) is 4.74 Å². The fourth-order valence-corrected chi connectivity index (χ4v) is 1.73. The predicted molar refractivity (Wildman–Crippen MR) is 88.2 cm³/mol. The third-order valence-corrected chi connectivity index (χ3v) is 3.41. The van der Waals surface area contributed by atoms with Gasteiger partial charge < -0.3 is 4.74 Å². The lowest BCUT2D eigenvalue weighted by molar-refractivity contribution is -0.125. The maximum atomic E-state index is 11.9. The molecule has 0 aromatic rings. The lowest BCUT2D eigenvalue weighted by atomic mass is 10.1. The van der Waals surface area contributed by atoms with Gasteiger partial charge in [0.2, 0.25) is 5.91 Å². The van der Waals surface area contributed by atoms with Gasteiger partial charge in [0.05, 0.1) is 42.1 Å². The molecule has 0 aromatic carbocycles. The second-order valence-electron chi connectivity index (χ2n) is 5.23. The van der Waals surface area contributed by atoms with Crippen LogP contribution in [-0.2, 0) is 9.53 Å². The molecule has 0 saturated heterocycles. The number of hydrogen-bond acceptors (Lipinski definition) is 2. The lowest BCUT2D eigenvalue weighted by Crippen LogP contribution is -2.25. The van der Waals surface area contributed by atoms with Gasteiger partial charge in [-0.1, -0.05) is 13.8 Å². The van der Waals surface area contributed by atoms with Crippen LogP contribution in [0.25, 0.3) is 0 Å². The molecule has 0 fully saturated rings. The Kier molecular flexibility index (Phi) is 10.3. The third kappa shape index (κ3) is 11.2. The van der Waals surface area contributed by atoms with E-state index in [0.29, 0.717) is 25.5 Å². The number of halogens is 1. The maximum absolute atomic E-state index is 11.9. The molecule has 0 N–H and O–H groups in total. The molecule has 0 aliphatic rings. The van der Waals surface area contributed by atoms with Crippen LogP contribution in [0.15, 0.2) is 17.4 Å². The van der Waals surface area contributed by atoms with Crippen molar-refractivity contribution in [2.45, 2.75) is 53.6 Å². The highest BCUT2D eigenvalue weighted by molar-refractivity contribution is 14.1. The van der Waals surface area contributed by atoms with Gasteiger partial charge in [0.25, 0.3) is 0 Å². The highest BCUT2D eigenvalue weighted by Crippen LogP contribution is 2.09. The van der Waals surface area contributed by atoms with Crippen LogP contribution in [0.3, 0.4) is 0 Å². The Morgan fingerprint density at radius 2 is 1.95 bits per heavy atom. The number of nitrogens with zero attached hydrogens (tertiary/aromatic N) is 1. The van der Waals surface area contributed by atoms with Crippen LogP contribution < -0.4 is 0 Å². The minimum Gasteiger partial charge on any atom is -0.377 e. The Morgan fingerprint density at radius 1 is 1.32 bits per heavy atom. The van der Waals surface area contributed by atoms with Crippen molar-refractivity contribution in [3.8, 4) is 0 Å². The molecule has 0 bridgehead atoms. The van der Waals surface area contributed by atoms with Gasteiger partial charge in [0, 0.05) is 6.42 Å². The van der Waals surface area contributed by atoms with Crippen molar-refractivity contribution in [1.82, 2.24) is 3.11 Å². The Bertz CT molecular complexity index is 331. The van der Waals surface area contributed by atoms with Crippen molar-refractivity contribution in [3.05, 3.63) is 17.4 Å². The topological polar surface area (TPSA) is 29.5 Å². The Morgan fingerprint density at radius 3 is 2.47 bits per heavy atom. The first-order chi connectivity index (χ1) is 8.82. The number of allylic oxidation sites excluding steroid dienone is 1. The van der Waals surface area contributed by atoms with Crippen LogP contribution in [-0.4, -0.2) is 28.3 Å². The summed E-state index contributed by atoms with van der Waals surface area (Å²) in [4.78, 5) is 11.9. The number of carbonyl (C=O) groups excluding carboxylic acids is 1. The van der Waals surface area contributed by atoms with E-state index in [1.807, 2.05) is 26.8 Å². The van der Waals surface area contributed by atoms with E-state index in [-0.39, 0.29) is 12.0 Å². The molecule has 0 aliphatic carbocycles. The van der Waals surface area contributed by atoms with E-state index in [1.165, 1.54) is 0 Å². The van der Waals surface area contributed by atoms with E-state index in [2.05, 4.69) is 42.4 Å². The second kappa shape index (κ2) is 10.5. The average Bonchev–Trinajstić information content (AvgIpc) is 2.32. The summed E-state index contributed by atoms with van der Waals surface area (Å²) in [5.74, 6) is 0.651. The number of rotatable bonds is 8. The van der Waals surface area contributed by atoms with Crippen LogP contribution in [0, 0.1) is 5.92 Å². The molecule has 0 radical (unpaired) electrons. The number of hydrogen-bond donors (Lipinski definition) is 0. The third-order valence-electron chi connectivity index (χ3n) is 2.39. The fourth-order valence-electron chi connectivity index (χ4n) is 1.29. The van der Waals surface area contributed by atoms with Crippen molar-refractivity contribution in [1.29, 1.82) is 0 Å². The molecule has 0 unspecified atom stereocenters. The summed E-state index contributed by atoms with van der Waals surface area (Å²) < 4.78 is 7.14. The zero-order valence-corrected chi connectivity index (χ0v) is 14.9. The summed E-state index contributed by atoms with van der Waals surface area (Å²) in [7, 11) is 0. The second-order valence-corrected chi connectivity index (χ2v) is 6.40. The van der Waals surface area contributed by atoms with Gasteiger partial charge in [-0.05, 0) is 44.8 Å². The smallest absolute Gasteiger partial charge is 0.231 e. The first kappa shape index (κ1) is 18.7. The van der Waals surface area contributed by atoms with E-state index in [9.17, 15) is 4.79 Å². The minimum absolute atomic E-state index is 0.152. The van der Waals surface area contributed by atoms with Gasteiger partial charge in [-0.3, -0.25) is 7.91 Å². The molecule has 19 heavy (non-hydrogen) atoms. The predicted octanol–water partition coefficient (Wildman–Crippen LogP) is 4.13. The number of carbonyl (C=O) groups is 1. The molecular weight excluding hydrogens is 353 g/mol. The summed E-state index contributed by atoms with van der Waals surface area (Å²) in [6.07, 6.45) is 3.56. The Labute approximate surface area is 131 Å². The molecule has 110 valence electrons. The van der Waals surface area contributed by atoms with Crippen LogP contribution in [0.1, 0.15) is 47.5 Å². The van der Waals surface area contributed by atoms with Gasteiger partial charge in [0.15, 0.2) is 0 Å². The fraction of sp³-hybridized carbons (Fsp3) is 0.733. The molecule has 3 nitrogen and oxygen atoms in total. The zero-order chi connectivity index (χ0) is 14.8.